The molecule has 0 radical (unpaired) electrons. The molecule has 2 atom stereocenters. The molecule has 1 aliphatic heterocycles. The molecule has 1 saturated heterocycles. The van der Waals surface area contributed by atoms with Gasteiger partial charge in [-0.25, -0.2) is 0 Å². The van der Waals surface area contributed by atoms with Crippen LogP contribution in [0.25, 0.3) is 0 Å². The van der Waals surface area contributed by atoms with Crippen LogP contribution < -0.4 is 9.80 Å². The first-order valence-electron chi connectivity index (χ1n) is 8.63. The van der Waals surface area contributed by atoms with Gasteiger partial charge in [-0.2, -0.15) is 0 Å². The van der Waals surface area contributed by atoms with Gasteiger partial charge in [-0.05, 0) is 30.9 Å². The van der Waals surface area contributed by atoms with Crippen LogP contribution in [0.1, 0.15) is 38.2 Å². The predicted octanol–water partition coefficient (Wildman–Crippen LogP) is 1.20. The van der Waals surface area contributed by atoms with Crippen molar-refractivity contribution >= 4 is 11.6 Å². The van der Waals surface area contributed by atoms with Gasteiger partial charge in [-0.3, -0.25) is 0 Å². The number of quaternary nitrogens is 2. The number of piperazine rings is 1. The van der Waals surface area contributed by atoms with Crippen molar-refractivity contribution in [1.82, 2.24) is 0 Å². The van der Waals surface area contributed by atoms with Gasteiger partial charge in [0.1, 0.15) is 32.7 Å². The Morgan fingerprint density at radius 1 is 1.14 bits per heavy atom. The first-order valence-corrected chi connectivity index (χ1v) is 9.01. The zero-order valence-corrected chi connectivity index (χ0v) is 14.0. The lowest BCUT2D eigenvalue weighted by atomic mass is 9.86. The maximum Gasteiger partial charge on any atom is 0.127 e. The van der Waals surface area contributed by atoms with E-state index < -0.39 is 0 Å². The molecule has 0 amide bonds. The molecule has 1 aromatic carbocycles. The van der Waals surface area contributed by atoms with Crippen molar-refractivity contribution in [2.24, 2.45) is 5.92 Å². The van der Waals surface area contributed by atoms with Gasteiger partial charge in [0.15, 0.2) is 0 Å². The van der Waals surface area contributed by atoms with Gasteiger partial charge in [-0.1, -0.05) is 37.1 Å². The molecule has 0 unspecified atom stereocenters. The van der Waals surface area contributed by atoms with Crippen LogP contribution in [0.15, 0.2) is 24.3 Å². The summed E-state index contributed by atoms with van der Waals surface area (Å²) in [7, 11) is 0. The summed E-state index contributed by atoms with van der Waals surface area (Å²) in [6.45, 7) is 8.90. The smallest absolute Gasteiger partial charge is 0.127 e. The van der Waals surface area contributed by atoms with E-state index in [2.05, 4.69) is 25.1 Å². The Morgan fingerprint density at radius 2 is 1.95 bits per heavy atom. The Balaban J connectivity index is 1.48. The highest BCUT2D eigenvalue weighted by Crippen LogP contribution is 2.21. The molecule has 2 N–H and O–H groups in total. The second kappa shape index (κ2) is 7.13. The van der Waals surface area contributed by atoms with Gasteiger partial charge in [0.05, 0.1) is 6.04 Å². The van der Waals surface area contributed by atoms with Crippen molar-refractivity contribution in [2.75, 3.05) is 26.2 Å². The molecule has 2 nitrogen and oxygen atoms in total. The standard InChI is InChI=1S/C18H27ClN2/c1-15-4-2-7-18(12-15)21-10-8-20(9-11-21)14-16-5-3-6-17(19)13-16/h3,5-6,13,15,18H,2,4,7-12,14H2,1H3/p+2/t15-,18+/m1/s1. The topological polar surface area (TPSA) is 8.88 Å². The fourth-order valence-electron chi connectivity index (χ4n) is 4.25. The summed E-state index contributed by atoms with van der Waals surface area (Å²) in [5.41, 5.74) is 1.38. The van der Waals surface area contributed by atoms with Crippen LogP contribution in [-0.2, 0) is 6.54 Å². The summed E-state index contributed by atoms with van der Waals surface area (Å²) in [6, 6.07) is 9.31. The lowest BCUT2D eigenvalue weighted by Gasteiger charge is -2.37. The molecule has 1 saturated carbocycles. The fourth-order valence-corrected chi connectivity index (χ4v) is 4.46. The third kappa shape index (κ3) is 4.21. The maximum atomic E-state index is 6.09. The number of hydrogen-bond acceptors (Lipinski definition) is 0. The highest BCUT2D eigenvalue weighted by molar-refractivity contribution is 6.30. The van der Waals surface area contributed by atoms with Crippen LogP contribution in [-0.4, -0.2) is 32.2 Å². The molecule has 1 heterocycles. The molecule has 3 rings (SSSR count). The maximum absolute atomic E-state index is 6.09. The van der Waals surface area contributed by atoms with Crippen LogP contribution in [0, 0.1) is 5.92 Å². The highest BCUT2D eigenvalue weighted by Gasteiger charge is 2.32. The van der Waals surface area contributed by atoms with Crippen molar-refractivity contribution in [1.29, 1.82) is 0 Å². The van der Waals surface area contributed by atoms with Gasteiger partial charge in [-0.15, -0.1) is 0 Å². The van der Waals surface area contributed by atoms with Gasteiger partial charge in [0.2, 0.25) is 0 Å². The second-order valence-electron chi connectivity index (χ2n) is 7.18. The van der Waals surface area contributed by atoms with E-state index in [1.165, 1.54) is 57.4 Å². The summed E-state index contributed by atoms with van der Waals surface area (Å²) >= 11 is 6.09. The van der Waals surface area contributed by atoms with E-state index in [4.69, 9.17) is 11.6 Å². The zero-order valence-electron chi connectivity index (χ0n) is 13.2. The number of rotatable bonds is 3. The zero-order chi connectivity index (χ0) is 14.7. The van der Waals surface area contributed by atoms with Gasteiger partial charge >= 0.3 is 0 Å². The summed E-state index contributed by atoms with van der Waals surface area (Å²) < 4.78 is 0. The predicted molar refractivity (Wildman–Crippen MR) is 88.0 cm³/mol. The molecular weight excluding hydrogens is 280 g/mol. The molecule has 0 bridgehead atoms. The van der Waals surface area contributed by atoms with E-state index in [1.807, 2.05) is 11.0 Å². The Bertz CT molecular complexity index is 454. The quantitative estimate of drug-likeness (QED) is 0.830. The first kappa shape index (κ1) is 15.3. The highest BCUT2D eigenvalue weighted by atomic mass is 35.5. The Morgan fingerprint density at radius 3 is 2.67 bits per heavy atom. The lowest BCUT2D eigenvalue weighted by molar-refractivity contribution is -1.03. The minimum atomic E-state index is 0.868. The van der Waals surface area contributed by atoms with E-state index in [0.717, 1.165) is 23.5 Å². The van der Waals surface area contributed by atoms with Gasteiger partial charge < -0.3 is 9.80 Å². The largest absolute Gasteiger partial charge is 0.323 e. The summed E-state index contributed by atoms with van der Waals surface area (Å²) in [5.74, 6) is 0.952. The summed E-state index contributed by atoms with van der Waals surface area (Å²) in [4.78, 5) is 3.61. The molecule has 1 aromatic rings. The third-order valence-electron chi connectivity index (χ3n) is 5.46. The first-order chi connectivity index (χ1) is 10.2. The van der Waals surface area contributed by atoms with Crippen molar-refractivity contribution in [3.05, 3.63) is 34.9 Å². The van der Waals surface area contributed by atoms with Crippen LogP contribution >= 0.6 is 11.6 Å². The van der Waals surface area contributed by atoms with E-state index >= 15 is 0 Å². The van der Waals surface area contributed by atoms with Crippen molar-refractivity contribution in [2.45, 2.75) is 45.2 Å². The third-order valence-corrected chi connectivity index (χ3v) is 5.69. The van der Waals surface area contributed by atoms with Crippen LogP contribution in [0.4, 0.5) is 0 Å². The number of halogens is 1. The van der Waals surface area contributed by atoms with Gasteiger partial charge in [0.25, 0.3) is 0 Å². The number of hydrogen-bond donors (Lipinski definition) is 2. The molecule has 2 aliphatic rings. The van der Waals surface area contributed by atoms with Crippen LogP contribution in [0.5, 0.6) is 0 Å². The minimum absolute atomic E-state index is 0.868. The lowest BCUT2D eigenvalue weighted by Crippen LogP contribution is -3.29. The molecule has 116 valence electrons. The number of nitrogens with one attached hydrogen (secondary N) is 2. The molecule has 0 spiro atoms. The second-order valence-corrected chi connectivity index (χ2v) is 7.62. The molecule has 21 heavy (non-hydrogen) atoms. The Hall–Kier alpha value is -0.570. The minimum Gasteiger partial charge on any atom is -0.323 e. The van der Waals surface area contributed by atoms with Gasteiger partial charge in [0, 0.05) is 17.0 Å². The molecule has 2 fully saturated rings. The molecular formula is C18H29ClN2+2. The summed E-state index contributed by atoms with van der Waals surface area (Å²) in [6.07, 6.45) is 5.83. The van der Waals surface area contributed by atoms with E-state index in [0.29, 0.717) is 0 Å². The van der Waals surface area contributed by atoms with E-state index in [-0.39, 0.29) is 0 Å². The Kier molecular flexibility index (Phi) is 5.20. The molecule has 3 heteroatoms. The van der Waals surface area contributed by atoms with Crippen LogP contribution in [0.2, 0.25) is 5.02 Å². The fraction of sp³-hybridized carbons (Fsp3) is 0.667. The average molecular weight is 309 g/mol. The molecule has 0 aromatic heterocycles. The number of benzene rings is 1. The monoisotopic (exact) mass is 308 g/mol. The van der Waals surface area contributed by atoms with Crippen LogP contribution in [0.3, 0.4) is 0 Å². The SMILES string of the molecule is C[C@@H]1CCC[C@H]([NH+]2CC[NH+](Cc3cccc(Cl)c3)CC2)C1. The van der Waals surface area contributed by atoms with Crippen molar-refractivity contribution in [3.63, 3.8) is 0 Å². The van der Waals surface area contributed by atoms with Crippen molar-refractivity contribution in [3.8, 4) is 0 Å². The average Bonchev–Trinajstić information content (AvgIpc) is 2.48. The Labute approximate surface area is 134 Å². The summed E-state index contributed by atoms with van der Waals surface area (Å²) in [5, 5.41) is 0.868. The van der Waals surface area contributed by atoms with E-state index in [1.54, 1.807) is 4.90 Å². The normalized spacial score (nSPS) is 33.8. The van der Waals surface area contributed by atoms with E-state index in [9.17, 15) is 0 Å². The van der Waals surface area contributed by atoms with Crippen molar-refractivity contribution < 1.29 is 9.80 Å². The molecule has 1 aliphatic carbocycles.